The Kier molecular flexibility index (Phi) is 5.10. The van der Waals surface area contributed by atoms with Crippen LogP contribution >= 0.6 is 15.9 Å². The Morgan fingerprint density at radius 1 is 1.20 bits per heavy atom. The Bertz CT molecular complexity index is 502. The number of hydrogen-bond acceptors (Lipinski definition) is 2. The number of rotatable bonds is 3. The molecule has 0 radical (unpaired) electrons. The molecule has 2 rings (SSSR count). The van der Waals surface area contributed by atoms with Crippen molar-refractivity contribution in [2.75, 3.05) is 32.7 Å². The minimum absolute atomic E-state index is 0.0720. The van der Waals surface area contributed by atoms with Crippen LogP contribution in [0.4, 0.5) is 8.78 Å². The summed E-state index contributed by atoms with van der Waals surface area (Å²) in [6, 6.07) is 2.15. The average molecular weight is 347 g/mol. The molecule has 1 amide bonds. The predicted octanol–water partition coefficient (Wildman–Crippen LogP) is 2.43. The van der Waals surface area contributed by atoms with Gasteiger partial charge in [-0.05, 0) is 34.6 Å². The van der Waals surface area contributed by atoms with Gasteiger partial charge in [-0.1, -0.05) is 6.92 Å². The zero-order valence-electron chi connectivity index (χ0n) is 11.3. The van der Waals surface area contributed by atoms with Crippen LogP contribution < -0.4 is 0 Å². The second-order valence-electron chi connectivity index (χ2n) is 4.85. The molecule has 0 bridgehead atoms. The van der Waals surface area contributed by atoms with Gasteiger partial charge in [0.05, 0.1) is 10.9 Å². The van der Waals surface area contributed by atoms with Crippen LogP contribution in [0.25, 0.3) is 0 Å². The van der Waals surface area contributed by atoms with E-state index < -0.39 is 11.6 Å². The molecule has 1 aliphatic rings. The van der Waals surface area contributed by atoms with Crippen LogP contribution in [0.15, 0.2) is 16.6 Å². The maximum absolute atomic E-state index is 13.7. The van der Waals surface area contributed by atoms with Crippen molar-refractivity contribution in [2.45, 2.75) is 13.3 Å². The van der Waals surface area contributed by atoms with Crippen molar-refractivity contribution in [2.24, 2.45) is 0 Å². The number of amides is 1. The van der Waals surface area contributed by atoms with Crippen molar-refractivity contribution in [1.29, 1.82) is 0 Å². The molecule has 1 aliphatic heterocycles. The zero-order valence-corrected chi connectivity index (χ0v) is 12.9. The molecule has 0 unspecified atom stereocenters. The number of piperazine rings is 1. The third-order valence-electron chi connectivity index (χ3n) is 3.60. The van der Waals surface area contributed by atoms with Gasteiger partial charge in [-0.25, -0.2) is 8.78 Å². The molecule has 20 heavy (non-hydrogen) atoms. The molecule has 0 aromatic heterocycles. The normalized spacial score (nSPS) is 16.5. The number of carbonyl (C=O) groups is 1. The molecular weight excluding hydrogens is 330 g/mol. The van der Waals surface area contributed by atoms with E-state index in [2.05, 4.69) is 27.8 Å². The van der Waals surface area contributed by atoms with Gasteiger partial charge in [-0.2, -0.15) is 0 Å². The molecule has 3 nitrogen and oxygen atoms in total. The number of carbonyl (C=O) groups excluding carboxylic acids is 1. The first-order chi connectivity index (χ1) is 9.51. The highest BCUT2D eigenvalue weighted by Gasteiger charge is 2.21. The maximum Gasteiger partial charge on any atom is 0.227 e. The van der Waals surface area contributed by atoms with Crippen LogP contribution in [0.3, 0.4) is 0 Å². The lowest BCUT2D eigenvalue weighted by Crippen LogP contribution is -2.48. The summed E-state index contributed by atoms with van der Waals surface area (Å²) in [5, 5.41) is 0. The Morgan fingerprint density at radius 3 is 2.45 bits per heavy atom. The highest BCUT2D eigenvalue weighted by Crippen LogP contribution is 2.20. The topological polar surface area (TPSA) is 23.6 Å². The molecule has 1 aromatic rings. The smallest absolute Gasteiger partial charge is 0.227 e. The van der Waals surface area contributed by atoms with Gasteiger partial charge in [0.25, 0.3) is 0 Å². The van der Waals surface area contributed by atoms with Gasteiger partial charge in [0.15, 0.2) is 0 Å². The van der Waals surface area contributed by atoms with E-state index in [-0.39, 0.29) is 22.4 Å². The van der Waals surface area contributed by atoms with E-state index >= 15 is 0 Å². The SMILES string of the molecule is CCN1CCN(C(=O)Cc2cc(F)c(Br)cc2F)CC1. The fraction of sp³-hybridized carbons (Fsp3) is 0.500. The second-order valence-corrected chi connectivity index (χ2v) is 5.70. The Balaban J connectivity index is 2.00. The average Bonchev–Trinajstić information content (AvgIpc) is 2.44. The minimum atomic E-state index is -0.557. The van der Waals surface area contributed by atoms with Crippen molar-refractivity contribution in [3.63, 3.8) is 0 Å². The van der Waals surface area contributed by atoms with E-state index in [4.69, 9.17) is 0 Å². The highest BCUT2D eigenvalue weighted by molar-refractivity contribution is 9.10. The molecule has 0 saturated carbocycles. The van der Waals surface area contributed by atoms with E-state index in [0.29, 0.717) is 13.1 Å². The van der Waals surface area contributed by atoms with Crippen molar-refractivity contribution < 1.29 is 13.6 Å². The summed E-state index contributed by atoms with van der Waals surface area (Å²) in [5.74, 6) is -1.26. The monoisotopic (exact) mass is 346 g/mol. The van der Waals surface area contributed by atoms with Crippen molar-refractivity contribution >= 4 is 21.8 Å². The van der Waals surface area contributed by atoms with Gasteiger partial charge >= 0.3 is 0 Å². The standard InChI is InChI=1S/C14H17BrF2N2O/c1-2-18-3-5-19(6-4-18)14(20)8-10-7-13(17)11(15)9-12(10)16/h7,9H,2-6,8H2,1H3. The Morgan fingerprint density at radius 2 is 1.85 bits per heavy atom. The van der Waals surface area contributed by atoms with Crippen LogP contribution in [0.2, 0.25) is 0 Å². The lowest BCUT2D eigenvalue weighted by Gasteiger charge is -2.34. The van der Waals surface area contributed by atoms with E-state index in [1.165, 1.54) is 0 Å². The molecule has 1 aromatic carbocycles. The number of benzene rings is 1. The fourth-order valence-electron chi connectivity index (χ4n) is 2.29. The molecule has 0 aliphatic carbocycles. The maximum atomic E-state index is 13.7. The molecule has 1 fully saturated rings. The van der Waals surface area contributed by atoms with Gasteiger partial charge in [0, 0.05) is 31.7 Å². The summed E-state index contributed by atoms with van der Waals surface area (Å²) >= 11 is 2.92. The summed E-state index contributed by atoms with van der Waals surface area (Å²) < 4.78 is 27.2. The van der Waals surface area contributed by atoms with Gasteiger partial charge in [0.2, 0.25) is 5.91 Å². The van der Waals surface area contributed by atoms with Crippen molar-refractivity contribution in [3.05, 3.63) is 33.8 Å². The van der Waals surface area contributed by atoms with Crippen LogP contribution in [-0.2, 0) is 11.2 Å². The first kappa shape index (κ1) is 15.4. The number of hydrogen-bond donors (Lipinski definition) is 0. The third-order valence-corrected chi connectivity index (χ3v) is 4.21. The number of nitrogens with zero attached hydrogens (tertiary/aromatic N) is 2. The summed E-state index contributed by atoms with van der Waals surface area (Å²) in [6.45, 7) is 6.01. The Labute approximate surface area is 125 Å². The summed E-state index contributed by atoms with van der Waals surface area (Å²) in [5.41, 5.74) is 0.105. The first-order valence-electron chi connectivity index (χ1n) is 6.64. The lowest BCUT2D eigenvalue weighted by atomic mass is 10.1. The van der Waals surface area contributed by atoms with E-state index in [9.17, 15) is 13.6 Å². The van der Waals surface area contributed by atoms with Gasteiger partial charge in [0.1, 0.15) is 11.6 Å². The van der Waals surface area contributed by atoms with Crippen molar-refractivity contribution in [3.8, 4) is 0 Å². The van der Waals surface area contributed by atoms with Crippen molar-refractivity contribution in [1.82, 2.24) is 9.80 Å². The summed E-state index contributed by atoms with van der Waals surface area (Å²) in [4.78, 5) is 16.1. The first-order valence-corrected chi connectivity index (χ1v) is 7.44. The van der Waals surface area contributed by atoms with Crippen LogP contribution in [0.1, 0.15) is 12.5 Å². The van der Waals surface area contributed by atoms with E-state index in [1.54, 1.807) is 4.90 Å². The molecular formula is C14H17BrF2N2O. The molecule has 1 heterocycles. The van der Waals surface area contributed by atoms with Gasteiger partial charge in [-0.3, -0.25) is 4.79 Å². The highest BCUT2D eigenvalue weighted by atomic mass is 79.9. The van der Waals surface area contributed by atoms with Crippen LogP contribution in [0.5, 0.6) is 0 Å². The molecule has 0 spiro atoms. The Hall–Kier alpha value is -1.01. The molecule has 0 atom stereocenters. The van der Waals surface area contributed by atoms with E-state index in [0.717, 1.165) is 31.8 Å². The largest absolute Gasteiger partial charge is 0.340 e. The lowest BCUT2D eigenvalue weighted by molar-refractivity contribution is -0.132. The third kappa shape index (κ3) is 3.55. The summed E-state index contributed by atoms with van der Waals surface area (Å²) in [6.07, 6.45) is -0.0951. The summed E-state index contributed by atoms with van der Waals surface area (Å²) in [7, 11) is 0. The minimum Gasteiger partial charge on any atom is -0.340 e. The second kappa shape index (κ2) is 6.63. The van der Waals surface area contributed by atoms with Crippen LogP contribution in [-0.4, -0.2) is 48.4 Å². The quantitative estimate of drug-likeness (QED) is 0.785. The molecule has 110 valence electrons. The fourth-order valence-corrected chi connectivity index (χ4v) is 2.60. The zero-order chi connectivity index (χ0) is 14.7. The van der Waals surface area contributed by atoms with Gasteiger partial charge in [-0.15, -0.1) is 0 Å². The molecule has 6 heteroatoms. The molecule has 0 N–H and O–H groups in total. The van der Waals surface area contributed by atoms with Crippen LogP contribution in [0, 0.1) is 11.6 Å². The van der Waals surface area contributed by atoms with Gasteiger partial charge < -0.3 is 9.80 Å². The molecule has 1 saturated heterocycles. The predicted molar refractivity (Wildman–Crippen MR) is 76.5 cm³/mol. The number of likely N-dealkylation sites (N-methyl/N-ethyl adjacent to an activating group) is 1. The van der Waals surface area contributed by atoms with E-state index in [1.807, 2.05) is 0 Å². The number of halogens is 3.